The predicted octanol–water partition coefficient (Wildman–Crippen LogP) is 6.20. The Morgan fingerprint density at radius 1 is 0.868 bits per heavy atom. The third-order valence-electron chi connectivity index (χ3n) is 7.38. The molecule has 5 nitrogen and oxygen atoms in total. The Morgan fingerprint density at radius 2 is 1.32 bits per heavy atom. The predicted molar refractivity (Wildman–Crippen MR) is 143 cm³/mol. The number of nitrogens with zero attached hydrogens (tertiary/aromatic N) is 3. The summed E-state index contributed by atoms with van der Waals surface area (Å²) in [5, 5.41) is 5.13. The second kappa shape index (κ2) is 8.44. The number of rotatable bonds is 6. The van der Waals surface area contributed by atoms with Crippen LogP contribution in [0.3, 0.4) is 0 Å². The maximum absolute atomic E-state index is 15.0. The molecule has 1 aliphatic carbocycles. The van der Waals surface area contributed by atoms with E-state index in [4.69, 9.17) is 16.7 Å². The lowest BCUT2D eigenvalue weighted by Gasteiger charge is -2.37. The van der Waals surface area contributed by atoms with Gasteiger partial charge in [-0.25, -0.2) is 26.9 Å². The van der Waals surface area contributed by atoms with Crippen molar-refractivity contribution in [2.75, 3.05) is 6.26 Å². The zero-order valence-electron chi connectivity index (χ0n) is 20.2. The number of aromatic nitrogens is 3. The Balaban J connectivity index is 1.82. The lowest BCUT2D eigenvalue weighted by Crippen LogP contribution is -2.39. The van der Waals surface area contributed by atoms with Gasteiger partial charge < -0.3 is 0 Å². The van der Waals surface area contributed by atoms with E-state index in [0.29, 0.717) is 5.52 Å². The van der Waals surface area contributed by atoms with Gasteiger partial charge in [-0.3, -0.25) is 0 Å². The quantitative estimate of drug-likeness (QED) is 0.187. The number of pyridine rings is 1. The molecule has 0 amide bonds. The Bertz CT molecular complexity index is 1670. The minimum absolute atomic E-state index is 0.129. The number of alkyl halides is 2. The maximum Gasteiger partial charge on any atom is 0.275 e. The van der Waals surface area contributed by atoms with Gasteiger partial charge in [0.25, 0.3) is 5.92 Å². The number of halogens is 3. The van der Waals surface area contributed by atoms with Crippen molar-refractivity contribution in [2.45, 2.75) is 22.6 Å². The molecule has 192 valence electrons. The van der Waals surface area contributed by atoms with E-state index >= 15 is 8.78 Å². The van der Waals surface area contributed by atoms with E-state index in [1.54, 1.807) is 10.7 Å². The summed E-state index contributed by atoms with van der Waals surface area (Å²) >= 11 is 6.35. The molecule has 5 aromatic rings. The second-order valence-corrected chi connectivity index (χ2v) is 12.2. The molecule has 0 radical (unpaired) electrons. The Morgan fingerprint density at radius 3 is 1.71 bits per heavy atom. The van der Waals surface area contributed by atoms with Crippen molar-refractivity contribution >= 4 is 32.3 Å². The van der Waals surface area contributed by atoms with Crippen LogP contribution in [0, 0.1) is 0 Å². The van der Waals surface area contributed by atoms with Crippen LogP contribution in [-0.4, -0.2) is 35.4 Å². The molecule has 2 heterocycles. The van der Waals surface area contributed by atoms with Crippen LogP contribution in [0.15, 0.2) is 103 Å². The summed E-state index contributed by atoms with van der Waals surface area (Å²) in [4.78, 5) is 4.13. The standard InChI is InChI=1S/C29H22ClF2N3O2S/c1-38(36,37)27(19-28(27,31)32)26-23-18-33-25(30)17-24(23)35(34-26)29(20-11-5-2-6-12-20,21-13-7-3-8-14-21)22-15-9-4-10-16-22/h2-18H,19H2,1H3. The SMILES string of the molecule is CS(=O)(=O)C1(c2nn(C(c3ccccc3)(c3ccccc3)c3ccccc3)c3cc(Cl)ncc23)CC1(F)F. The highest BCUT2D eigenvalue weighted by Gasteiger charge is 2.80. The third kappa shape index (κ3) is 3.36. The largest absolute Gasteiger partial charge is 0.275 e. The van der Waals surface area contributed by atoms with Crippen LogP contribution in [0.5, 0.6) is 0 Å². The molecule has 38 heavy (non-hydrogen) atoms. The fraction of sp³-hybridized carbons (Fsp3) is 0.172. The Hall–Kier alpha value is -3.62. The number of hydrogen-bond donors (Lipinski definition) is 0. The van der Waals surface area contributed by atoms with Crippen LogP contribution < -0.4 is 0 Å². The van der Waals surface area contributed by atoms with Gasteiger partial charge >= 0.3 is 0 Å². The Kier molecular flexibility index (Phi) is 5.49. The van der Waals surface area contributed by atoms with Crippen molar-refractivity contribution in [3.05, 3.63) is 131 Å². The summed E-state index contributed by atoms with van der Waals surface area (Å²) in [5.41, 5.74) is 1.42. The first-order valence-corrected chi connectivity index (χ1v) is 14.2. The minimum Gasteiger partial charge on any atom is -0.245 e. The summed E-state index contributed by atoms with van der Waals surface area (Å²) < 4.78 is 55.1. The maximum atomic E-state index is 15.0. The first-order chi connectivity index (χ1) is 18.1. The van der Waals surface area contributed by atoms with Crippen LogP contribution in [0.4, 0.5) is 8.78 Å². The van der Waals surface area contributed by atoms with E-state index in [9.17, 15) is 8.42 Å². The average Bonchev–Trinajstić information content (AvgIpc) is 3.34. The molecule has 1 fully saturated rings. The summed E-state index contributed by atoms with van der Waals surface area (Å²) in [6.07, 6.45) is 1.33. The summed E-state index contributed by atoms with van der Waals surface area (Å²) in [6, 6.07) is 30.2. The fourth-order valence-corrected chi connectivity index (χ4v) is 7.19. The van der Waals surface area contributed by atoms with Gasteiger partial charge in [-0.2, -0.15) is 5.10 Å². The van der Waals surface area contributed by atoms with Crippen LogP contribution in [0.25, 0.3) is 10.9 Å². The first kappa shape index (κ1) is 24.7. The van der Waals surface area contributed by atoms with Crippen LogP contribution in [0.1, 0.15) is 28.8 Å². The number of fused-ring (bicyclic) bond motifs is 1. The van der Waals surface area contributed by atoms with E-state index in [1.165, 1.54) is 6.20 Å². The van der Waals surface area contributed by atoms with Crippen molar-refractivity contribution in [2.24, 2.45) is 0 Å². The van der Waals surface area contributed by atoms with Gasteiger partial charge in [0, 0.05) is 30.3 Å². The van der Waals surface area contributed by atoms with Gasteiger partial charge in [-0.1, -0.05) is 103 Å². The van der Waals surface area contributed by atoms with Crippen molar-refractivity contribution in [3.8, 4) is 0 Å². The highest BCUT2D eigenvalue weighted by Crippen LogP contribution is 2.65. The van der Waals surface area contributed by atoms with Crippen molar-refractivity contribution in [3.63, 3.8) is 0 Å². The average molecular weight is 550 g/mol. The van der Waals surface area contributed by atoms with E-state index < -0.39 is 32.5 Å². The van der Waals surface area contributed by atoms with E-state index in [0.717, 1.165) is 22.9 Å². The van der Waals surface area contributed by atoms with Crippen molar-refractivity contribution in [1.82, 2.24) is 14.8 Å². The van der Waals surface area contributed by atoms with E-state index in [2.05, 4.69) is 4.98 Å². The summed E-state index contributed by atoms with van der Waals surface area (Å²) in [5.74, 6) is -3.47. The lowest BCUT2D eigenvalue weighted by molar-refractivity contribution is 0.104. The molecule has 1 aliphatic rings. The molecule has 2 aromatic heterocycles. The smallest absolute Gasteiger partial charge is 0.245 e. The minimum atomic E-state index is -4.27. The summed E-state index contributed by atoms with van der Waals surface area (Å²) in [6.45, 7) is 0. The van der Waals surface area contributed by atoms with Gasteiger partial charge in [0.05, 0.1) is 11.2 Å². The van der Waals surface area contributed by atoms with E-state index in [-0.39, 0.29) is 16.2 Å². The molecule has 0 aliphatic heterocycles. The monoisotopic (exact) mass is 549 g/mol. The third-order valence-corrected chi connectivity index (χ3v) is 9.49. The molecular weight excluding hydrogens is 528 g/mol. The van der Waals surface area contributed by atoms with Crippen molar-refractivity contribution < 1.29 is 17.2 Å². The zero-order chi connectivity index (χ0) is 26.8. The lowest BCUT2D eigenvalue weighted by atomic mass is 9.77. The first-order valence-electron chi connectivity index (χ1n) is 11.9. The molecular formula is C29H22ClF2N3O2S. The molecule has 0 saturated heterocycles. The number of sulfone groups is 1. The molecule has 0 N–H and O–H groups in total. The Labute approximate surface area is 223 Å². The second-order valence-electron chi connectivity index (χ2n) is 9.57. The zero-order valence-corrected chi connectivity index (χ0v) is 21.8. The highest BCUT2D eigenvalue weighted by molar-refractivity contribution is 7.92. The summed E-state index contributed by atoms with van der Waals surface area (Å²) in [7, 11) is -4.27. The van der Waals surface area contributed by atoms with Gasteiger partial charge in [0.15, 0.2) is 14.6 Å². The van der Waals surface area contributed by atoms with Gasteiger partial charge in [0.1, 0.15) is 10.7 Å². The van der Waals surface area contributed by atoms with Crippen molar-refractivity contribution in [1.29, 1.82) is 0 Å². The van der Waals surface area contributed by atoms with Crippen LogP contribution in [0.2, 0.25) is 5.15 Å². The van der Waals surface area contributed by atoms with Crippen LogP contribution in [-0.2, 0) is 20.1 Å². The normalized spacial score (nSPS) is 18.9. The topological polar surface area (TPSA) is 64.8 Å². The molecule has 1 atom stereocenters. The highest BCUT2D eigenvalue weighted by atomic mass is 35.5. The molecule has 0 spiro atoms. The van der Waals surface area contributed by atoms with Gasteiger partial charge in [0.2, 0.25) is 0 Å². The molecule has 1 saturated carbocycles. The molecule has 3 aromatic carbocycles. The molecule has 9 heteroatoms. The number of benzene rings is 3. The number of hydrogen-bond acceptors (Lipinski definition) is 4. The van der Waals surface area contributed by atoms with Gasteiger partial charge in [-0.05, 0) is 16.7 Å². The molecule has 1 unspecified atom stereocenters. The van der Waals surface area contributed by atoms with Gasteiger partial charge in [-0.15, -0.1) is 0 Å². The fourth-order valence-electron chi connectivity index (χ4n) is 5.55. The van der Waals surface area contributed by atoms with Crippen LogP contribution >= 0.6 is 11.6 Å². The van der Waals surface area contributed by atoms with E-state index in [1.807, 2.05) is 91.0 Å². The molecule has 6 rings (SSSR count). The molecule has 0 bridgehead atoms.